The Labute approximate surface area is 146 Å². The van der Waals surface area contributed by atoms with Gasteiger partial charge in [0.1, 0.15) is 11.5 Å². The van der Waals surface area contributed by atoms with Gasteiger partial charge in [0, 0.05) is 11.8 Å². The maximum atomic E-state index is 13.6. The van der Waals surface area contributed by atoms with E-state index in [1.807, 2.05) is 0 Å². The normalized spacial score (nSPS) is 12.5. The van der Waals surface area contributed by atoms with E-state index in [1.54, 1.807) is 0 Å². The lowest BCUT2D eigenvalue weighted by Crippen LogP contribution is -2.17. The lowest BCUT2D eigenvalue weighted by molar-refractivity contribution is -0.141. The smallest absolute Gasteiger partial charge is 0.383 e. The monoisotopic (exact) mass is 389 g/mol. The van der Waals surface area contributed by atoms with Crippen molar-refractivity contribution in [3.05, 3.63) is 47.3 Å². The van der Waals surface area contributed by atoms with Crippen molar-refractivity contribution in [3.8, 4) is 11.3 Å². The van der Waals surface area contributed by atoms with Gasteiger partial charge in [-0.2, -0.15) is 31.3 Å². The number of fused-ring (bicyclic) bond motifs is 1. The minimum Gasteiger partial charge on any atom is -0.383 e. The molecule has 0 bridgehead atoms. The van der Waals surface area contributed by atoms with Gasteiger partial charge in [-0.25, -0.2) is 4.98 Å². The quantitative estimate of drug-likeness (QED) is 0.658. The molecule has 0 atom stereocenters. The first-order chi connectivity index (χ1) is 12.4. The SMILES string of the molecule is NC(=O)c1cn2c(C(F)(F)F)c(-c3ccc(C(F)(F)F)cc3)nc2nc1N. The summed E-state index contributed by atoms with van der Waals surface area (Å²) in [5, 5.41) is 0. The molecule has 3 aromatic rings. The Morgan fingerprint density at radius 3 is 2.04 bits per heavy atom. The van der Waals surface area contributed by atoms with Crippen LogP contribution in [-0.2, 0) is 12.4 Å². The number of primary amides is 1. The van der Waals surface area contributed by atoms with Crippen molar-refractivity contribution >= 4 is 17.5 Å². The first-order valence-corrected chi connectivity index (χ1v) is 7.13. The summed E-state index contributed by atoms with van der Waals surface area (Å²) < 4.78 is 79.2. The summed E-state index contributed by atoms with van der Waals surface area (Å²) in [6.07, 6.45) is -8.86. The van der Waals surface area contributed by atoms with E-state index < -0.39 is 52.4 Å². The molecule has 12 heteroatoms. The fraction of sp³-hybridized carbons (Fsp3) is 0.133. The van der Waals surface area contributed by atoms with Gasteiger partial charge in [0.05, 0.1) is 11.1 Å². The van der Waals surface area contributed by atoms with Gasteiger partial charge in [0.2, 0.25) is 5.78 Å². The molecule has 0 radical (unpaired) electrons. The molecule has 0 unspecified atom stereocenters. The number of amides is 1. The lowest BCUT2D eigenvalue weighted by Gasteiger charge is -2.11. The van der Waals surface area contributed by atoms with Gasteiger partial charge < -0.3 is 11.5 Å². The Morgan fingerprint density at radius 1 is 0.963 bits per heavy atom. The van der Waals surface area contributed by atoms with Crippen LogP contribution in [0.1, 0.15) is 21.6 Å². The highest BCUT2D eigenvalue weighted by molar-refractivity contribution is 5.97. The molecule has 0 saturated heterocycles. The molecule has 1 amide bonds. The number of imidazole rings is 1. The maximum absolute atomic E-state index is 13.6. The predicted molar refractivity (Wildman–Crippen MR) is 81.4 cm³/mol. The number of rotatable bonds is 2. The molecule has 0 aliphatic heterocycles. The molecule has 4 N–H and O–H groups in total. The minimum absolute atomic E-state index is 0.222. The van der Waals surface area contributed by atoms with Crippen LogP contribution in [0.15, 0.2) is 30.5 Å². The molecule has 6 nitrogen and oxygen atoms in total. The zero-order valence-electron chi connectivity index (χ0n) is 13.1. The van der Waals surface area contributed by atoms with E-state index in [4.69, 9.17) is 11.5 Å². The van der Waals surface area contributed by atoms with E-state index in [9.17, 15) is 31.1 Å². The molecule has 0 aliphatic rings. The number of nitrogen functional groups attached to an aromatic ring is 1. The fourth-order valence-corrected chi connectivity index (χ4v) is 2.46. The van der Waals surface area contributed by atoms with Crippen LogP contribution in [0.25, 0.3) is 17.0 Å². The molecule has 1 aromatic carbocycles. The molecular formula is C15H9F6N5O. The van der Waals surface area contributed by atoms with Crippen LogP contribution < -0.4 is 11.5 Å². The fourth-order valence-electron chi connectivity index (χ4n) is 2.46. The van der Waals surface area contributed by atoms with Gasteiger partial charge in [-0.3, -0.25) is 9.20 Å². The number of aromatic nitrogens is 3. The second kappa shape index (κ2) is 5.86. The summed E-state index contributed by atoms with van der Waals surface area (Å²) in [5.74, 6) is -2.01. The number of alkyl halides is 6. The molecule has 2 aromatic heterocycles. The Hall–Kier alpha value is -3.31. The first-order valence-electron chi connectivity index (χ1n) is 7.13. The first kappa shape index (κ1) is 18.5. The zero-order valence-corrected chi connectivity index (χ0v) is 13.1. The summed E-state index contributed by atoms with van der Waals surface area (Å²) in [6, 6.07) is 2.99. The van der Waals surface area contributed by atoms with Crippen molar-refractivity contribution in [2.24, 2.45) is 5.73 Å². The summed E-state index contributed by atoms with van der Waals surface area (Å²) in [5.41, 5.74) is 6.86. The van der Waals surface area contributed by atoms with Crippen molar-refractivity contribution in [1.29, 1.82) is 0 Å². The van der Waals surface area contributed by atoms with Crippen LogP contribution >= 0.6 is 0 Å². The van der Waals surface area contributed by atoms with Crippen molar-refractivity contribution < 1.29 is 31.1 Å². The number of carbonyl (C=O) groups excluding carboxylic acids is 1. The Balaban J connectivity index is 2.28. The van der Waals surface area contributed by atoms with Gasteiger partial charge in [-0.05, 0) is 12.1 Å². The van der Waals surface area contributed by atoms with Crippen LogP contribution in [-0.4, -0.2) is 20.3 Å². The summed E-state index contributed by atoms with van der Waals surface area (Å²) in [7, 11) is 0. The van der Waals surface area contributed by atoms with Gasteiger partial charge in [-0.1, -0.05) is 12.1 Å². The summed E-state index contributed by atoms with van der Waals surface area (Å²) >= 11 is 0. The average Bonchev–Trinajstić information content (AvgIpc) is 2.91. The molecule has 2 heterocycles. The van der Waals surface area contributed by atoms with Gasteiger partial charge in [0.25, 0.3) is 5.91 Å². The van der Waals surface area contributed by atoms with E-state index in [1.165, 1.54) is 0 Å². The molecule has 0 fully saturated rings. The number of anilines is 1. The molecule has 0 spiro atoms. The summed E-state index contributed by atoms with van der Waals surface area (Å²) in [4.78, 5) is 18.7. The zero-order chi connectivity index (χ0) is 20.1. The number of hydrogen-bond acceptors (Lipinski definition) is 4. The topological polar surface area (TPSA) is 99.3 Å². The number of benzene rings is 1. The third-order valence-electron chi connectivity index (χ3n) is 3.67. The highest BCUT2D eigenvalue weighted by atomic mass is 19.4. The van der Waals surface area contributed by atoms with Crippen LogP contribution in [0.4, 0.5) is 32.2 Å². The Bertz CT molecular complexity index is 1040. The van der Waals surface area contributed by atoms with Gasteiger partial charge in [-0.15, -0.1) is 0 Å². The average molecular weight is 389 g/mol. The largest absolute Gasteiger partial charge is 0.434 e. The van der Waals surface area contributed by atoms with Gasteiger partial charge >= 0.3 is 12.4 Å². The number of carbonyl (C=O) groups is 1. The van der Waals surface area contributed by atoms with E-state index in [0.717, 1.165) is 18.3 Å². The molecule has 0 saturated carbocycles. The third-order valence-corrected chi connectivity index (χ3v) is 3.67. The minimum atomic E-state index is -4.95. The number of halogens is 6. The Kier molecular flexibility index (Phi) is 4.01. The summed E-state index contributed by atoms with van der Waals surface area (Å²) in [6.45, 7) is 0. The number of nitrogens with two attached hydrogens (primary N) is 2. The van der Waals surface area contributed by atoms with Crippen molar-refractivity contribution in [3.63, 3.8) is 0 Å². The van der Waals surface area contributed by atoms with E-state index in [0.29, 0.717) is 16.5 Å². The van der Waals surface area contributed by atoms with Crippen LogP contribution in [0.2, 0.25) is 0 Å². The third kappa shape index (κ3) is 3.25. The van der Waals surface area contributed by atoms with E-state index >= 15 is 0 Å². The Morgan fingerprint density at radius 2 is 1.56 bits per heavy atom. The second-order valence-electron chi connectivity index (χ2n) is 5.46. The number of hydrogen-bond donors (Lipinski definition) is 2. The highest BCUT2D eigenvalue weighted by Crippen LogP contribution is 2.38. The van der Waals surface area contributed by atoms with Gasteiger partial charge in [0.15, 0.2) is 5.69 Å². The molecule has 0 aliphatic carbocycles. The van der Waals surface area contributed by atoms with E-state index in [2.05, 4.69) is 9.97 Å². The maximum Gasteiger partial charge on any atom is 0.434 e. The highest BCUT2D eigenvalue weighted by Gasteiger charge is 2.39. The second-order valence-corrected chi connectivity index (χ2v) is 5.46. The number of nitrogens with zero attached hydrogens (tertiary/aromatic N) is 3. The standard InChI is InChI=1S/C15H9F6N5O/c16-14(17,18)7-3-1-6(2-4-7)9-10(15(19,20)21)26-5-8(12(23)27)11(22)25-13(26)24-9/h1-5H,(H2,23,27)(H2,22,24,25). The van der Waals surface area contributed by atoms with Crippen LogP contribution in [0.3, 0.4) is 0 Å². The van der Waals surface area contributed by atoms with E-state index in [-0.39, 0.29) is 5.56 Å². The predicted octanol–water partition coefficient (Wildman–Crippen LogP) is 3.12. The molecular weight excluding hydrogens is 380 g/mol. The van der Waals surface area contributed by atoms with Crippen molar-refractivity contribution in [2.75, 3.05) is 5.73 Å². The molecule has 27 heavy (non-hydrogen) atoms. The van der Waals surface area contributed by atoms with Crippen LogP contribution in [0.5, 0.6) is 0 Å². The molecule has 142 valence electrons. The van der Waals surface area contributed by atoms with Crippen molar-refractivity contribution in [1.82, 2.24) is 14.4 Å². The van der Waals surface area contributed by atoms with Crippen LogP contribution in [0, 0.1) is 0 Å². The van der Waals surface area contributed by atoms with Crippen molar-refractivity contribution in [2.45, 2.75) is 12.4 Å². The molecule has 3 rings (SSSR count). The lowest BCUT2D eigenvalue weighted by atomic mass is 10.1.